The van der Waals surface area contributed by atoms with Crippen LogP contribution in [-0.4, -0.2) is 42.3 Å². The zero-order valence-electron chi connectivity index (χ0n) is 11.1. The number of thiophene rings is 1. The average Bonchev–Trinajstić information content (AvgIpc) is 2.70. The summed E-state index contributed by atoms with van der Waals surface area (Å²) in [4.78, 5) is 25.4. The second kappa shape index (κ2) is 7.15. The number of likely N-dealkylation sites (tertiary alicyclic amines) is 1. The van der Waals surface area contributed by atoms with Gasteiger partial charge >= 0.3 is 0 Å². The summed E-state index contributed by atoms with van der Waals surface area (Å²) >= 11 is 8.32. The molecule has 2 rings (SSSR count). The molecule has 1 aromatic rings. The Hall–Kier alpha value is -0.240. The predicted octanol–water partition coefficient (Wildman–Crippen LogP) is 3.06. The average molecular weight is 424 g/mol. The number of ketones is 1. The minimum Gasteiger partial charge on any atom is -0.354 e. The number of hydrogen-bond acceptors (Lipinski definition) is 4. The summed E-state index contributed by atoms with van der Waals surface area (Å²) in [6, 6.07) is 2.11. The molecule has 0 atom stereocenters. The van der Waals surface area contributed by atoms with E-state index in [2.05, 4.69) is 42.1 Å². The first-order valence-corrected chi connectivity index (χ1v) is 8.83. The van der Waals surface area contributed by atoms with Crippen LogP contribution >= 0.6 is 43.2 Å². The molecule has 0 spiro atoms. The maximum Gasteiger partial charge on any atom is 0.217 e. The highest BCUT2D eigenvalue weighted by Crippen LogP contribution is 2.32. The van der Waals surface area contributed by atoms with Gasteiger partial charge in [0.2, 0.25) is 5.91 Å². The highest BCUT2D eigenvalue weighted by Gasteiger charge is 2.23. The molecule has 0 aromatic carbocycles. The molecule has 20 heavy (non-hydrogen) atoms. The second-order valence-corrected chi connectivity index (χ2v) is 8.66. The van der Waals surface area contributed by atoms with E-state index in [-0.39, 0.29) is 17.7 Å². The largest absolute Gasteiger partial charge is 0.354 e. The van der Waals surface area contributed by atoms with Crippen molar-refractivity contribution in [2.24, 2.45) is 0 Å². The molecular weight excluding hydrogens is 408 g/mol. The van der Waals surface area contributed by atoms with Crippen LogP contribution in [0.15, 0.2) is 13.6 Å². The molecule has 1 aromatic heterocycles. The molecule has 0 bridgehead atoms. The van der Waals surface area contributed by atoms with Crippen LogP contribution in [0.2, 0.25) is 0 Å². The number of nitrogens with one attached hydrogen (secondary N) is 1. The molecule has 1 amide bonds. The van der Waals surface area contributed by atoms with E-state index in [1.54, 1.807) is 6.92 Å². The Morgan fingerprint density at radius 2 is 2.05 bits per heavy atom. The van der Waals surface area contributed by atoms with Gasteiger partial charge in [0.15, 0.2) is 5.78 Å². The van der Waals surface area contributed by atoms with Gasteiger partial charge in [0, 0.05) is 31.6 Å². The van der Waals surface area contributed by atoms with Crippen molar-refractivity contribution in [1.29, 1.82) is 0 Å². The quantitative estimate of drug-likeness (QED) is 0.757. The van der Waals surface area contributed by atoms with Crippen LogP contribution in [0.25, 0.3) is 0 Å². The minimum atomic E-state index is 0.0200. The third-order valence-corrected chi connectivity index (χ3v) is 5.66. The van der Waals surface area contributed by atoms with Crippen molar-refractivity contribution in [1.82, 2.24) is 10.2 Å². The van der Waals surface area contributed by atoms with Crippen molar-refractivity contribution >= 4 is 54.9 Å². The van der Waals surface area contributed by atoms with Crippen LogP contribution in [-0.2, 0) is 4.79 Å². The van der Waals surface area contributed by atoms with Crippen LogP contribution < -0.4 is 5.32 Å². The third-order valence-electron chi connectivity index (χ3n) is 3.32. The number of amides is 1. The Labute approximate surface area is 139 Å². The number of piperidine rings is 1. The fraction of sp³-hybridized carbons (Fsp3) is 0.538. The molecule has 1 saturated heterocycles. The van der Waals surface area contributed by atoms with Gasteiger partial charge in [0.1, 0.15) is 0 Å². The molecule has 1 aliphatic heterocycles. The van der Waals surface area contributed by atoms with Gasteiger partial charge in [-0.05, 0) is 50.8 Å². The molecule has 4 nitrogen and oxygen atoms in total. The van der Waals surface area contributed by atoms with Gasteiger partial charge in [-0.3, -0.25) is 14.5 Å². The van der Waals surface area contributed by atoms with Gasteiger partial charge in [0.05, 0.1) is 14.1 Å². The predicted molar refractivity (Wildman–Crippen MR) is 87.3 cm³/mol. The SMILES string of the molecule is CC(=O)NC1CCN(CC(=O)c2cc(Br)sc2Br)CC1. The van der Waals surface area contributed by atoms with Crippen molar-refractivity contribution in [3.63, 3.8) is 0 Å². The van der Waals surface area contributed by atoms with Crippen LogP contribution in [0.5, 0.6) is 0 Å². The molecule has 1 fully saturated rings. The minimum absolute atomic E-state index is 0.0200. The van der Waals surface area contributed by atoms with Crippen LogP contribution in [0.3, 0.4) is 0 Å². The topological polar surface area (TPSA) is 49.4 Å². The zero-order chi connectivity index (χ0) is 14.7. The van der Waals surface area contributed by atoms with Crippen molar-refractivity contribution in [2.75, 3.05) is 19.6 Å². The van der Waals surface area contributed by atoms with Crippen molar-refractivity contribution in [3.05, 3.63) is 19.2 Å². The van der Waals surface area contributed by atoms with Crippen molar-refractivity contribution < 1.29 is 9.59 Å². The van der Waals surface area contributed by atoms with E-state index in [0.29, 0.717) is 6.54 Å². The first kappa shape index (κ1) is 16.1. The van der Waals surface area contributed by atoms with Gasteiger partial charge in [-0.25, -0.2) is 0 Å². The van der Waals surface area contributed by atoms with Crippen molar-refractivity contribution in [2.45, 2.75) is 25.8 Å². The smallest absolute Gasteiger partial charge is 0.217 e. The van der Waals surface area contributed by atoms with Crippen molar-refractivity contribution in [3.8, 4) is 0 Å². The maximum absolute atomic E-state index is 12.3. The van der Waals surface area contributed by atoms with Gasteiger partial charge in [-0.2, -0.15) is 0 Å². The summed E-state index contributed by atoms with van der Waals surface area (Å²) in [5.41, 5.74) is 0.742. The molecule has 1 aliphatic rings. The van der Waals surface area contributed by atoms with Crippen LogP contribution in [0.4, 0.5) is 0 Å². The Morgan fingerprint density at radius 3 is 2.55 bits per heavy atom. The first-order chi connectivity index (χ1) is 9.45. The molecular formula is C13H16Br2N2O2S. The van der Waals surface area contributed by atoms with Crippen LogP contribution in [0, 0.1) is 0 Å². The molecule has 1 N–H and O–H groups in total. The number of carbonyl (C=O) groups excluding carboxylic acids is 2. The lowest BCUT2D eigenvalue weighted by molar-refractivity contribution is -0.119. The molecule has 0 unspecified atom stereocenters. The number of rotatable bonds is 4. The van der Waals surface area contributed by atoms with Gasteiger partial charge in [-0.15, -0.1) is 11.3 Å². The fourth-order valence-corrected chi connectivity index (χ4v) is 5.20. The standard InChI is InChI=1S/C13H16Br2N2O2S/c1-8(18)16-9-2-4-17(5-3-9)7-11(19)10-6-12(14)20-13(10)15/h6,9H,2-5,7H2,1H3,(H,16,18). The monoisotopic (exact) mass is 422 g/mol. The highest BCUT2D eigenvalue weighted by atomic mass is 79.9. The van der Waals surface area contributed by atoms with E-state index in [0.717, 1.165) is 39.1 Å². The van der Waals surface area contributed by atoms with E-state index in [9.17, 15) is 9.59 Å². The summed E-state index contributed by atoms with van der Waals surface area (Å²) in [5.74, 6) is 0.156. The van der Waals surface area contributed by atoms with E-state index in [1.165, 1.54) is 11.3 Å². The Balaban J connectivity index is 1.85. The van der Waals surface area contributed by atoms with E-state index in [1.807, 2.05) is 6.07 Å². The van der Waals surface area contributed by atoms with Crippen LogP contribution in [0.1, 0.15) is 30.1 Å². The lowest BCUT2D eigenvalue weighted by atomic mass is 10.0. The number of Topliss-reactive ketones (excluding diaryl/α,β-unsaturated/α-hetero) is 1. The van der Waals surface area contributed by atoms with Gasteiger partial charge in [-0.1, -0.05) is 0 Å². The highest BCUT2D eigenvalue weighted by molar-refractivity contribution is 9.12. The summed E-state index contributed by atoms with van der Waals surface area (Å²) in [7, 11) is 0. The summed E-state index contributed by atoms with van der Waals surface area (Å²) in [5, 5.41) is 2.94. The normalized spacial score (nSPS) is 17.1. The molecule has 0 saturated carbocycles. The maximum atomic E-state index is 12.3. The molecule has 110 valence electrons. The number of hydrogen-bond donors (Lipinski definition) is 1. The first-order valence-electron chi connectivity index (χ1n) is 6.43. The summed E-state index contributed by atoms with van der Waals surface area (Å²) < 4.78 is 1.83. The Bertz CT molecular complexity index is 510. The summed E-state index contributed by atoms with van der Waals surface area (Å²) in [6.45, 7) is 3.68. The summed E-state index contributed by atoms with van der Waals surface area (Å²) in [6.07, 6.45) is 1.81. The van der Waals surface area contributed by atoms with Gasteiger partial charge in [0.25, 0.3) is 0 Å². The Morgan fingerprint density at radius 1 is 1.40 bits per heavy atom. The molecule has 0 aliphatic carbocycles. The molecule has 2 heterocycles. The number of halogens is 2. The Kier molecular flexibility index (Phi) is 5.77. The number of carbonyl (C=O) groups is 2. The third kappa shape index (κ3) is 4.38. The second-order valence-electron chi connectivity index (χ2n) is 4.91. The van der Waals surface area contributed by atoms with E-state index >= 15 is 0 Å². The number of nitrogens with zero attached hydrogens (tertiary/aromatic N) is 1. The lowest BCUT2D eigenvalue weighted by Gasteiger charge is -2.31. The molecule has 0 radical (unpaired) electrons. The van der Waals surface area contributed by atoms with E-state index in [4.69, 9.17) is 0 Å². The lowest BCUT2D eigenvalue weighted by Crippen LogP contribution is -2.45. The molecule has 7 heteroatoms. The fourth-order valence-electron chi connectivity index (χ4n) is 2.34. The van der Waals surface area contributed by atoms with Gasteiger partial charge < -0.3 is 5.32 Å². The zero-order valence-corrected chi connectivity index (χ0v) is 15.1. The van der Waals surface area contributed by atoms with E-state index < -0.39 is 0 Å².